The molecule has 1 aromatic heterocycles. The van der Waals surface area contributed by atoms with Crippen molar-refractivity contribution in [2.75, 3.05) is 0 Å². The molecule has 2 atom stereocenters. The van der Waals surface area contributed by atoms with Crippen molar-refractivity contribution in [3.63, 3.8) is 0 Å². The van der Waals surface area contributed by atoms with Crippen LogP contribution in [0.5, 0.6) is 0 Å². The topological polar surface area (TPSA) is 101 Å². The molecule has 1 aliphatic carbocycles. The lowest BCUT2D eigenvalue weighted by molar-refractivity contribution is -0.143. The third-order valence-corrected chi connectivity index (χ3v) is 5.13. The number of carbonyl (C=O) groups is 1. The number of nitrogens with one attached hydrogen (secondary N) is 1. The van der Waals surface area contributed by atoms with E-state index in [1.54, 1.807) is 6.20 Å². The van der Waals surface area contributed by atoms with Crippen LogP contribution in [0.2, 0.25) is 0 Å². The first-order valence-electron chi connectivity index (χ1n) is 9.69. The van der Waals surface area contributed by atoms with E-state index in [0.29, 0.717) is 24.1 Å². The predicted octanol–water partition coefficient (Wildman–Crippen LogP) is 4.02. The number of pyridine rings is 1. The number of nitrogens with two attached hydrogens (primary N) is 1. The maximum Gasteiger partial charge on any atom is 0.308 e. The smallest absolute Gasteiger partial charge is 0.308 e. The van der Waals surface area contributed by atoms with Crippen LogP contribution in [0.1, 0.15) is 49.4 Å². The molecule has 1 saturated carbocycles. The fourth-order valence-electron chi connectivity index (χ4n) is 3.46. The third kappa shape index (κ3) is 5.76. The summed E-state index contributed by atoms with van der Waals surface area (Å²) < 4.78 is 14.6. The Kier molecular flexibility index (Phi) is 7.70. The van der Waals surface area contributed by atoms with E-state index in [2.05, 4.69) is 21.9 Å². The summed E-state index contributed by atoms with van der Waals surface area (Å²) in [6.07, 6.45) is 7.33. The summed E-state index contributed by atoms with van der Waals surface area (Å²) in [5.74, 6) is -2.00. The molecule has 29 heavy (non-hydrogen) atoms. The molecule has 1 heterocycles. The zero-order chi connectivity index (χ0) is 21.6. The lowest BCUT2D eigenvalue weighted by Gasteiger charge is -2.25. The Morgan fingerprint density at radius 2 is 2.10 bits per heavy atom. The van der Waals surface area contributed by atoms with Crippen LogP contribution >= 0.6 is 0 Å². The van der Waals surface area contributed by atoms with Crippen molar-refractivity contribution in [3.8, 4) is 0 Å². The van der Waals surface area contributed by atoms with E-state index in [1.165, 1.54) is 19.3 Å². The number of aromatic nitrogens is 1. The fraction of sp³-hybridized carbons (Fsp3) is 0.409. The second kappa shape index (κ2) is 10.0. The van der Waals surface area contributed by atoms with Gasteiger partial charge in [-0.2, -0.15) is 0 Å². The van der Waals surface area contributed by atoms with Gasteiger partial charge in [-0.25, -0.2) is 4.39 Å². The van der Waals surface area contributed by atoms with Gasteiger partial charge in [-0.05, 0) is 45.2 Å². The van der Waals surface area contributed by atoms with Crippen molar-refractivity contribution >= 4 is 17.3 Å². The molecule has 0 amide bonds. The minimum absolute atomic E-state index is 0.162. The van der Waals surface area contributed by atoms with E-state index in [4.69, 9.17) is 5.73 Å². The monoisotopic (exact) mass is 400 g/mol. The van der Waals surface area contributed by atoms with Gasteiger partial charge in [0.2, 0.25) is 0 Å². The number of allylic oxidation sites excluding steroid dienone is 2. The number of nitrogens with zero attached hydrogens (tertiary/aromatic N) is 2. The van der Waals surface area contributed by atoms with Gasteiger partial charge in [0.05, 0.1) is 17.7 Å². The van der Waals surface area contributed by atoms with Crippen LogP contribution in [-0.2, 0) is 4.79 Å². The van der Waals surface area contributed by atoms with Crippen LogP contribution in [0.15, 0.2) is 47.8 Å². The van der Waals surface area contributed by atoms with Crippen LogP contribution in [0.3, 0.4) is 0 Å². The largest absolute Gasteiger partial charge is 0.481 e. The molecule has 156 valence electrons. The van der Waals surface area contributed by atoms with E-state index in [-0.39, 0.29) is 5.71 Å². The summed E-state index contributed by atoms with van der Waals surface area (Å²) in [6, 6.07) is 1.54. The number of rotatable bonds is 7. The van der Waals surface area contributed by atoms with Gasteiger partial charge in [-0.3, -0.25) is 14.8 Å². The molecular formula is C22H29FN4O2. The van der Waals surface area contributed by atoms with Crippen molar-refractivity contribution in [3.05, 3.63) is 59.6 Å². The van der Waals surface area contributed by atoms with Gasteiger partial charge in [0.15, 0.2) is 5.83 Å². The van der Waals surface area contributed by atoms with Crippen LogP contribution in [0.25, 0.3) is 5.57 Å². The first-order valence-corrected chi connectivity index (χ1v) is 9.69. The minimum Gasteiger partial charge on any atom is -0.481 e. The molecule has 0 spiro atoms. The standard InChI is InChI=1S/C22H29FN4O2/c1-13-9-18(14(2)25-11-13)19(10-24)15(3)26-12-20(23)16(4)27-21-8-6-5-7-17(21)22(28)29/h9-12,17,21,26H,3,5-8,24H2,1-2,4H3,(H,28,29)/b19-10-,20-12?,27-16?/t17?,21-/m1/s1. The Morgan fingerprint density at radius 1 is 1.41 bits per heavy atom. The Labute approximate surface area is 171 Å². The molecule has 0 radical (unpaired) electrons. The van der Waals surface area contributed by atoms with Crippen LogP contribution < -0.4 is 11.1 Å². The number of hydrogen-bond donors (Lipinski definition) is 3. The molecule has 0 saturated heterocycles. The zero-order valence-electron chi connectivity index (χ0n) is 17.2. The Bertz CT molecular complexity index is 874. The predicted molar refractivity (Wildman–Crippen MR) is 114 cm³/mol. The minimum atomic E-state index is -0.873. The van der Waals surface area contributed by atoms with Gasteiger partial charge in [0, 0.05) is 41.1 Å². The Balaban J connectivity index is 2.13. The quantitative estimate of drug-likeness (QED) is 0.474. The molecule has 1 aromatic rings. The molecule has 4 N–H and O–H groups in total. The number of hydrogen-bond acceptors (Lipinski definition) is 5. The number of aliphatic carboxylic acids is 1. The van der Waals surface area contributed by atoms with Crippen molar-refractivity contribution in [1.29, 1.82) is 0 Å². The molecule has 7 heteroatoms. The molecule has 0 bridgehead atoms. The lowest BCUT2D eigenvalue weighted by Crippen LogP contribution is -2.30. The number of halogens is 1. The molecule has 6 nitrogen and oxygen atoms in total. The van der Waals surface area contributed by atoms with Gasteiger partial charge >= 0.3 is 5.97 Å². The average Bonchev–Trinajstić information content (AvgIpc) is 2.69. The summed E-state index contributed by atoms with van der Waals surface area (Å²) in [5, 5.41) is 12.2. The van der Waals surface area contributed by atoms with E-state index in [1.807, 2.05) is 19.9 Å². The van der Waals surface area contributed by atoms with Crippen LogP contribution in [0.4, 0.5) is 4.39 Å². The van der Waals surface area contributed by atoms with Gasteiger partial charge in [0.25, 0.3) is 0 Å². The molecule has 0 aliphatic heterocycles. The molecule has 1 unspecified atom stereocenters. The van der Waals surface area contributed by atoms with Gasteiger partial charge in [-0.15, -0.1) is 0 Å². The summed E-state index contributed by atoms with van der Waals surface area (Å²) in [5.41, 5.74) is 9.56. The summed E-state index contributed by atoms with van der Waals surface area (Å²) in [7, 11) is 0. The van der Waals surface area contributed by atoms with Crippen molar-refractivity contribution in [2.24, 2.45) is 16.6 Å². The molecule has 2 rings (SSSR count). The second-order valence-electron chi connectivity index (χ2n) is 7.35. The Morgan fingerprint density at radius 3 is 2.76 bits per heavy atom. The average molecular weight is 400 g/mol. The number of carboxylic acids is 1. The normalized spacial score (nSPS) is 21.0. The van der Waals surface area contributed by atoms with E-state index in [9.17, 15) is 14.3 Å². The van der Waals surface area contributed by atoms with E-state index in [0.717, 1.165) is 29.7 Å². The maximum atomic E-state index is 14.6. The molecule has 1 fully saturated rings. The highest BCUT2D eigenvalue weighted by atomic mass is 19.1. The van der Waals surface area contributed by atoms with Gasteiger partial charge in [0.1, 0.15) is 0 Å². The third-order valence-electron chi connectivity index (χ3n) is 5.13. The molecule has 0 aromatic carbocycles. The zero-order valence-corrected chi connectivity index (χ0v) is 17.2. The van der Waals surface area contributed by atoms with Crippen LogP contribution in [-0.4, -0.2) is 27.8 Å². The fourth-order valence-corrected chi connectivity index (χ4v) is 3.46. The lowest BCUT2D eigenvalue weighted by atomic mass is 9.85. The maximum absolute atomic E-state index is 14.6. The summed E-state index contributed by atoms with van der Waals surface area (Å²) in [4.78, 5) is 20.1. The highest BCUT2D eigenvalue weighted by Gasteiger charge is 2.30. The molecule has 1 aliphatic rings. The number of aryl methyl sites for hydroxylation is 2. The van der Waals surface area contributed by atoms with Crippen molar-refractivity contribution < 1.29 is 14.3 Å². The Hall–Kier alpha value is -2.96. The highest BCUT2D eigenvalue weighted by molar-refractivity contribution is 5.96. The van der Waals surface area contributed by atoms with Gasteiger partial charge in [-0.1, -0.05) is 19.4 Å². The van der Waals surface area contributed by atoms with Crippen molar-refractivity contribution in [1.82, 2.24) is 10.3 Å². The van der Waals surface area contributed by atoms with E-state index < -0.39 is 23.8 Å². The molecular weight excluding hydrogens is 371 g/mol. The SMILES string of the molecule is C=C(NC=C(F)C(C)=N[C@@H]1CCCCC1C(=O)O)/C(=C/N)c1cc(C)cnc1C. The second-order valence-corrected chi connectivity index (χ2v) is 7.35. The van der Waals surface area contributed by atoms with Crippen LogP contribution in [0, 0.1) is 19.8 Å². The highest BCUT2D eigenvalue weighted by Crippen LogP contribution is 2.28. The first kappa shape index (κ1) is 22.3. The van der Waals surface area contributed by atoms with Crippen molar-refractivity contribution in [2.45, 2.75) is 52.5 Å². The summed E-state index contributed by atoms with van der Waals surface area (Å²) in [6.45, 7) is 9.27. The number of aliphatic imine (C=N–C) groups is 1. The number of carboxylic acid groups (broad SMARTS) is 1. The summed E-state index contributed by atoms with van der Waals surface area (Å²) >= 11 is 0. The van der Waals surface area contributed by atoms with Gasteiger partial charge < -0.3 is 16.2 Å². The first-order chi connectivity index (χ1) is 13.7. The van der Waals surface area contributed by atoms with E-state index >= 15 is 0 Å².